The minimum Gasteiger partial charge on any atom is -0.480 e. The zero-order valence-electron chi connectivity index (χ0n) is 10.9. The fraction of sp³-hybridized carbons (Fsp3) is 0.615. The Bertz CT molecular complexity index is 465. The van der Waals surface area contributed by atoms with Gasteiger partial charge in [-0.05, 0) is 19.3 Å². The molecule has 1 aromatic heterocycles. The van der Waals surface area contributed by atoms with Crippen LogP contribution in [0.2, 0.25) is 0 Å². The van der Waals surface area contributed by atoms with E-state index in [2.05, 4.69) is 10.5 Å². The standard InChI is InChI=1S/C13H18N2O4/c1-2-3-4-9(13(17)18)14-12(16)10-7-11(19-15-10)8-5-6-8/h7-9H,2-6H2,1H3,(H,14,16)(H,17,18)/t9-/m0/s1. The molecule has 2 rings (SSSR count). The number of carboxylic acids is 1. The quantitative estimate of drug-likeness (QED) is 0.786. The molecule has 1 amide bonds. The maximum absolute atomic E-state index is 11.9. The second-order valence-electron chi connectivity index (χ2n) is 4.90. The predicted octanol–water partition coefficient (Wildman–Crippen LogP) is 1.93. The van der Waals surface area contributed by atoms with Gasteiger partial charge in [0.2, 0.25) is 0 Å². The van der Waals surface area contributed by atoms with Gasteiger partial charge in [-0.15, -0.1) is 0 Å². The van der Waals surface area contributed by atoms with Crippen molar-refractivity contribution in [3.05, 3.63) is 17.5 Å². The molecule has 0 radical (unpaired) electrons. The Kier molecular flexibility index (Phi) is 4.19. The van der Waals surface area contributed by atoms with Gasteiger partial charge < -0.3 is 14.9 Å². The molecule has 6 heteroatoms. The van der Waals surface area contributed by atoms with Crippen LogP contribution in [0.15, 0.2) is 10.6 Å². The second kappa shape index (κ2) is 5.86. The molecule has 1 atom stereocenters. The lowest BCUT2D eigenvalue weighted by Gasteiger charge is -2.12. The SMILES string of the molecule is CCCC[C@H](NC(=O)c1cc(C2CC2)on1)C(=O)O. The summed E-state index contributed by atoms with van der Waals surface area (Å²) in [6.45, 7) is 1.97. The Morgan fingerprint density at radius 3 is 2.89 bits per heavy atom. The highest BCUT2D eigenvalue weighted by atomic mass is 16.5. The first kappa shape index (κ1) is 13.6. The van der Waals surface area contributed by atoms with E-state index in [0.29, 0.717) is 18.1 Å². The zero-order chi connectivity index (χ0) is 13.8. The number of nitrogens with zero attached hydrogens (tertiary/aromatic N) is 1. The maximum Gasteiger partial charge on any atom is 0.326 e. The summed E-state index contributed by atoms with van der Waals surface area (Å²) >= 11 is 0. The van der Waals surface area contributed by atoms with Gasteiger partial charge in [0.1, 0.15) is 11.8 Å². The van der Waals surface area contributed by atoms with E-state index in [1.54, 1.807) is 6.07 Å². The molecule has 1 aliphatic rings. The Morgan fingerprint density at radius 1 is 1.58 bits per heavy atom. The van der Waals surface area contributed by atoms with Gasteiger partial charge in [-0.1, -0.05) is 24.9 Å². The summed E-state index contributed by atoms with van der Waals surface area (Å²) in [7, 11) is 0. The van der Waals surface area contributed by atoms with Crippen LogP contribution in [0.4, 0.5) is 0 Å². The molecule has 0 saturated heterocycles. The van der Waals surface area contributed by atoms with Crippen molar-refractivity contribution < 1.29 is 19.2 Å². The van der Waals surface area contributed by atoms with Crippen LogP contribution in [0.3, 0.4) is 0 Å². The predicted molar refractivity (Wildman–Crippen MR) is 66.9 cm³/mol. The Labute approximate surface area is 111 Å². The van der Waals surface area contributed by atoms with Gasteiger partial charge in [0.15, 0.2) is 5.69 Å². The number of aliphatic carboxylic acids is 1. The monoisotopic (exact) mass is 266 g/mol. The number of carbonyl (C=O) groups excluding carboxylic acids is 1. The molecule has 1 aromatic rings. The first-order valence-corrected chi connectivity index (χ1v) is 6.62. The van der Waals surface area contributed by atoms with Crippen molar-refractivity contribution in [1.82, 2.24) is 10.5 Å². The summed E-state index contributed by atoms with van der Waals surface area (Å²) in [6, 6.07) is 0.736. The number of hydrogen-bond donors (Lipinski definition) is 2. The van der Waals surface area contributed by atoms with Crippen LogP contribution in [-0.2, 0) is 4.79 Å². The molecule has 6 nitrogen and oxygen atoms in total. The van der Waals surface area contributed by atoms with E-state index in [0.717, 1.165) is 25.7 Å². The van der Waals surface area contributed by atoms with E-state index >= 15 is 0 Å². The topological polar surface area (TPSA) is 92.4 Å². The van der Waals surface area contributed by atoms with E-state index in [1.165, 1.54) is 0 Å². The van der Waals surface area contributed by atoms with Crippen LogP contribution >= 0.6 is 0 Å². The van der Waals surface area contributed by atoms with Crippen molar-refractivity contribution in [2.45, 2.75) is 51.0 Å². The highest BCUT2D eigenvalue weighted by Gasteiger charge is 2.29. The lowest BCUT2D eigenvalue weighted by atomic mass is 10.1. The number of hydrogen-bond acceptors (Lipinski definition) is 4. The summed E-state index contributed by atoms with van der Waals surface area (Å²) in [4.78, 5) is 22.9. The minimum absolute atomic E-state index is 0.157. The highest BCUT2D eigenvalue weighted by Crippen LogP contribution is 2.40. The lowest BCUT2D eigenvalue weighted by molar-refractivity contribution is -0.139. The molecule has 1 heterocycles. The molecule has 0 aromatic carbocycles. The molecule has 0 unspecified atom stereocenters. The number of rotatable bonds is 7. The number of carbonyl (C=O) groups is 2. The molecular formula is C13H18N2O4. The Morgan fingerprint density at radius 2 is 2.32 bits per heavy atom. The third-order valence-corrected chi connectivity index (χ3v) is 3.19. The van der Waals surface area contributed by atoms with Gasteiger partial charge in [0.05, 0.1) is 0 Å². The lowest BCUT2D eigenvalue weighted by Crippen LogP contribution is -2.40. The number of carboxylic acid groups (broad SMARTS) is 1. The van der Waals surface area contributed by atoms with Crippen molar-refractivity contribution in [2.24, 2.45) is 0 Å². The molecule has 104 valence electrons. The fourth-order valence-corrected chi connectivity index (χ4v) is 1.85. The number of amides is 1. The first-order chi connectivity index (χ1) is 9.11. The van der Waals surface area contributed by atoms with Gasteiger partial charge in [-0.25, -0.2) is 4.79 Å². The minimum atomic E-state index is -1.02. The van der Waals surface area contributed by atoms with Crippen LogP contribution in [0, 0.1) is 0 Å². The van der Waals surface area contributed by atoms with E-state index in [4.69, 9.17) is 9.63 Å². The van der Waals surface area contributed by atoms with Gasteiger partial charge in [0.25, 0.3) is 5.91 Å². The highest BCUT2D eigenvalue weighted by molar-refractivity contribution is 5.94. The van der Waals surface area contributed by atoms with Crippen LogP contribution < -0.4 is 5.32 Å². The molecule has 0 bridgehead atoms. The number of unbranched alkanes of at least 4 members (excludes halogenated alkanes) is 1. The molecule has 2 N–H and O–H groups in total. The summed E-state index contributed by atoms with van der Waals surface area (Å²) in [6.07, 6.45) is 4.18. The molecular weight excluding hydrogens is 248 g/mol. The third kappa shape index (κ3) is 3.56. The number of aromatic nitrogens is 1. The number of nitrogens with one attached hydrogen (secondary N) is 1. The van der Waals surface area contributed by atoms with Crippen molar-refractivity contribution in [2.75, 3.05) is 0 Å². The average molecular weight is 266 g/mol. The van der Waals surface area contributed by atoms with E-state index in [9.17, 15) is 9.59 Å². The normalized spacial score (nSPS) is 16.1. The Hall–Kier alpha value is -1.85. The van der Waals surface area contributed by atoms with Gasteiger partial charge >= 0.3 is 5.97 Å². The van der Waals surface area contributed by atoms with Crippen LogP contribution in [-0.4, -0.2) is 28.2 Å². The average Bonchev–Trinajstić information content (AvgIpc) is 3.11. The first-order valence-electron chi connectivity index (χ1n) is 6.62. The van der Waals surface area contributed by atoms with Crippen molar-refractivity contribution in [3.8, 4) is 0 Å². The van der Waals surface area contributed by atoms with Crippen molar-refractivity contribution in [1.29, 1.82) is 0 Å². The maximum atomic E-state index is 11.9. The smallest absolute Gasteiger partial charge is 0.326 e. The summed E-state index contributed by atoms with van der Waals surface area (Å²) in [5, 5.41) is 15.2. The van der Waals surface area contributed by atoms with Gasteiger partial charge in [0, 0.05) is 12.0 Å². The fourth-order valence-electron chi connectivity index (χ4n) is 1.85. The molecule has 1 saturated carbocycles. The molecule has 1 fully saturated rings. The second-order valence-corrected chi connectivity index (χ2v) is 4.90. The largest absolute Gasteiger partial charge is 0.480 e. The summed E-state index contributed by atoms with van der Waals surface area (Å²) in [5.74, 6) is -0.415. The molecule has 19 heavy (non-hydrogen) atoms. The summed E-state index contributed by atoms with van der Waals surface area (Å²) in [5.41, 5.74) is 0.157. The molecule has 1 aliphatic carbocycles. The van der Waals surface area contributed by atoms with E-state index < -0.39 is 17.9 Å². The zero-order valence-corrected chi connectivity index (χ0v) is 10.9. The van der Waals surface area contributed by atoms with E-state index in [-0.39, 0.29) is 5.69 Å². The molecule has 0 spiro atoms. The van der Waals surface area contributed by atoms with Crippen LogP contribution in [0.1, 0.15) is 61.2 Å². The van der Waals surface area contributed by atoms with Crippen molar-refractivity contribution >= 4 is 11.9 Å². The molecule has 0 aliphatic heterocycles. The summed E-state index contributed by atoms with van der Waals surface area (Å²) < 4.78 is 5.07. The van der Waals surface area contributed by atoms with Gasteiger partial charge in [-0.2, -0.15) is 0 Å². The van der Waals surface area contributed by atoms with E-state index in [1.807, 2.05) is 6.92 Å². The van der Waals surface area contributed by atoms with Crippen LogP contribution in [0.5, 0.6) is 0 Å². The van der Waals surface area contributed by atoms with Crippen LogP contribution in [0.25, 0.3) is 0 Å². The Balaban J connectivity index is 1.94. The third-order valence-electron chi connectivity index (χ3n) is 3.19. The van der Waals surface area contributed by atoms with Crippen molar-refractivity contribution in [3.63, 3.8) is 0 Å². The van der Waals surface area contributed by atoms with Gasteiger partial charge in [-0.3, -0.25) is 4.79 Å².